The van der Waals surface area contributed by atoms with Crippen molar-refractivity contribution in [1.82, 2.24) is 0 Å². The lowest BCUT2D eigenvalue weighted by molar-refractivity contribution is -0.116. The maximum atomic E-state index is 12.5. The van der Waals surface area contributed by atoms with Crippen LogP contribution in [-0.2, 0) is 9.53 Å². The standard InChI is InChI=1S/C20H24N2O4/c1-4-25-11-12-26-19-10-5-7-16(13-19)20(24)21-17-8-6-9-18(14-17)22(3)15(2)23/h5-10,13-14H,4,11-12H2,1-3H3,(H,21,24). The average Bonchev–Trinajstić information content (AvgIpc) is 2.65. The summed E-state index contributed by atoms with van der Waals surface area (Å²) in [6.45, 7) is 4.99. The summed E-state index contributed by atoms with van der Waals surface area (Å²) >= 11 is 0. The molecule has 0 aliphatic heterocycles. The Bertz CT molecular complexity index is 761. The van der Waals surface area contributed by atoms with Gasteiger partial charge in [-0.1, -0.05) is 12.1 Å². The summed E-state index contributed by atoms with van der Waals surface area (Å²) in [5, 5.41) is 2.84. The van der Waals surface area contributed by atoms with Crippen molar-refractivity contribution in [3.63, 3.8) is 0 Å². The summed E-state index contributed by atoms with van der Waals surface area (Å²) in [7, 11) is 1.69. The number of carbonyl (C=O) groups is 2. The van der Waals surface area contributed by atoms with Gasteiger partial charge in [0, 0.05) is 37.5 Å². The van der Waals surface area contributed by atoms with Gasteiger partial charge in [-0.25, -0.2) is 0 Å². The van der Waals surface area contributed by atoms with Crippen LogP contribution in [0.4, 0.5) is 11.4 Å². The number of hydrogen-bond donors (Lipinski definition) is 1. The molecule has 0 saturated carbocycles. The van der Waals surface area contributed by atoms with Crippen molar-refractivity contribution in [2.45, 2.75) is 13.8 Å². The first-order valence-corrected chi connectivity index (χ1v) is 8.47. The van der Waals surface area contributed by atoms with Gasteiger partial charge in [0.2, 0.25) is 5.91 Å². The number of hydrogen-bond acceptors (Lipinski definition) is 4. The molecule has 6 heteroatoms. The average molecular weight is 356 g/mol. The maximum absolute atomic E-state index is 12.5. The molecule has 2 aromatic carbocycles. The second-order valence-electron chi connectivity index (χ2n) is 5.66. The molecule has 0 aromatic heterocycles. The Morgan fingerprint density at radius 2 is 1.85 bits per heavy atom. The van der Waals surface area contributed by atoms with Crippen LogP contribution in [0.5, 0.6) is 5.75 Å². The molecular weight excluding hydrogens is 332 g/mol. The second kappa shape index (κ2) is 9.58. The van der Waals surface area contributed by atoms with Crippen LogP contribution in [0.3, 0.4) is 0 Å². The van der Waals surface area contributed by atoms with E-state index < -0.39 is 0 Å². The first-order chi connectivity index (χ1) is 12.5. The molecule has 0 radical (unpaired) electrons. The monoisotopic (exact) mass is 356 g/mol. The Kier molecular flexibility index (Phi) is 7.17. The lowest BCUT2D eigenvalue weighted by Crippen LogP contribution is -2.23. The van der Waals surface area contributed by atoms with E-state index >= 15 is 0 Å². The van der Waals surface area contributed by atoms with E-state index in [-0.39, 0.29) is 11.8 Å². The first kappa shape index (κ1) is 19.5. The molecule has 6 nitrogen and oxygen atoms in total. The van der Waals surface area contributed by atoms with E-state index in [0.29, 0.717) is 42.5 Å². The van der Waals surface area contributed by atoms with Gasteiger partial charge in [0.05, 0.1) is 6.61 Å². The van der Waals surface area contributed by atoms with Gasteiger partial charge < -0.3 is 19.7 Å². The number of ether oxygens (including phenoxy) is 2. The number of nitrogens with zero attached hydrogens (tertiary/aromatic N) is 1. The first-order valence-electron chi connectivity index (χ1n) is 8.47. The van der Waals surface area contributed by atoms with Crippen LogP contribution in [0.1, 0.15) is 24.2 Å². The highest BCUT2D eigenvalue weighted by atomic mass is 16.5. The predicted octanol–water partition coefficient (Wildman–Crippen LogP) is 3.34. The Morgan fingerprint density at radius 3 is 2.58 bits per heavy atom. The van der Waals surface area contributed by atoms with Crippen molar-refractivity contribution in [3.05, 3.63) is 54.1 Å². The molecule has 26 heavy (non-hydrogen) atoms. The van der Waals surface area contributed by atoms with E-state index in [4.69, 9.17) is 9.47 Å². The fourth-order valence-corrected chi connectivity index (χ4v) is 2.27. The number of anilines is 2. The van der Waals surface area contributed by atoms with Crippen molar-refractivity contribution >= 4 is 23.2 Å². The third-order valence-corrected chi connectivity index (χ3v) is 3.76. The lowest BCUT2D eigenvalue weighted by Gasteiger charge is -2.16. The minimum Gasteiger partial charge on any atom is -0.491 e. The molecule has 0 aliphatic carbocycles. The maximum Gasteiger partial charge on any atom is 0.255 e. The molecule has 0 bridgehead atoms. The molecule has 2 amide bonds. The van der Waals surface area contributed by atoms with Crippen molar-refractivity contribution in [2.75, 3.05) is 37.1 Å². The minimum absolute atomic E-state index is 0.0784. The van der Waals surface area contributed by atoms with Crippen LogP contribution in [0.25, 0.3) is 0 Å². The van der Waals surface area contributed by atoms with Gasteiger partial charge in [0.25, 0.3) is 5.91 Å². The SMILES string of the molecule is CCOCCOc1cccc(C(=O)Nc2cccc(N(C)C(C)=O)c2)c1. The highest BCUT2D eigenvalue weighted by Crippen LogP contribution is 2.20. The molecule has 2 rings (SSSR count). The van der Waals surface area contributed by atoms with E-state index in [1.54, 1.807) is 49.5 Å². The number of nitrogens with one attached hydrogen (secondary N) is 1. The lowest BCUT2D eigenvalue weighted by atomic mass is 10.2. The number of rotatable bonds is 8. The van der Waals surface area contributed by atoms with Crippen LogP contribution < -0.4 is 15.0 Å². The van der Waals surface area contributed by atoms with Gasteiger partial charge >= 0.3 is 0 Å². The molecule has 0 saturated heterocycles. The highest BCUT2D eigenvalue weighted by Gasteiger charge is 2.10. The molecule has 0 atom stereocenters. The molecule has 2 aromatic rings. The molecular formula is C20H24N2O4. The largest absolute Gasteiger partial charge is 0.491 e. The number of amides is 2. The molecule has 0 heterocycles. The summed E-state index contributed by atoms with van der Waals surface area (Å²) in [6.07, 6.45) is 0. The zero-order valence-electron chi connectivity index (χ0n) is 15.3. The zero-order valence-corrected chi connectivity index (χ0v) is 15.3. The van der Waals surface area contributed by atoms with E-state index in [0.717, 1.165) is 0 Å². The van der Waals surface area contributed by atoms with Crippen molar-refractivity contribution in [2.24, 2.45) is 0 Å². The Balaban J connectivity index is 2.03. The van der Waals surface area contributed by atoms with E-state index in [1.807, 2.05) is 13.0 Å². The van der Waals surface area contributed by atoms with Crippen LogP contribution in [0.15, 0.2) is 48.5 Å². The fraction of sp³-hybridized carbons (Fsp3) is 0.300. The van der Waals surface area contributed by atoms with Crippen molar-refractivity contribution in [1.29, 1.82) is 0 Å². The predicted molar refractivity (Wildman–Crippen MR) is 102 cm³/mol. The van der Waals surface area contributed by atoms with E-state index in [1.165, 1.54) is 11.8 Å². The molecule has 1 N–H and O–H groups in total. The van der Waals surface area contributed by atoms with Crippen molar-refractivity contribution in [3.8, 4) is 5.75 Å². The van der Waals surface area contributed by atoms with Gasteiger partial charge in [-0.05, 0) is 43.3 Å². The van der Waals surface area contributed by atoms with Gasteiger partial charge in [-0.2, -0.15) is 0 Å². The van der Waals surface area contributed by atoms with E-state index in [9.17, 15) is 9.59 Å². The third-order valence-electron chi connectivity index (χ3n) is 3.76. The molecule has 138 valence electrons. The van der Waals surface area contributed by atoms with Gasteiger partial charge in [-0.15, -0.1) is 0 Å². The summed E-state index contributed by atoms with van der Waals surface area (Å²) in [5.41, 5.74) is 1.82. The Labute approximate surface area is 153 Å². The highest BCUT2D eigenvalue weighted by molar-refractivity contribution is 6.05. The fourth-order valence-electron chi connectivity index (χ4n) is 2.27. The Hall–Kier alpha value is -2.86. The quantitative estimate of drug-likeness (QED) is 0.737. The summed E-state index contributed by atoms with van der Waals surface area (Å²) in [5.74, 6) is 0.288. The van der Waals surface area contributed by atoms with Gasteiger partial charge in [0.1, 0.15) is 12.4 Å². The topological polar surface area (TPSA) is 67.9 Å². The Morgan fingerprint density at radius 1 is 1.08 bits per heavy atom. The molecule has 0 unspecified atom stereocenters. The molecule has 0 fully saturated rings. The van der Waals surface area contributed by atoms with Crippen LogP contribution in [0, 0.1) is 0 Å². The summed E-state index contributed by atoms with van der Waals surface area (Å²) in [6, 6.07) is 14.1. The van der Waals surface area contributed by atoms with Crippen LogP contribution >= 0.6 is 0 Å². The van der Waals surface area contributed by atoms with Crippen LogP contribution in [-0.4, -0.2) is 38.7 Å². The normalized spacial score (nSPS) is 10.3. The second-order valence-corrected chi connectivity index (χ2v) is 5.66. The van der Waals surface area contributed by atoms with Gasteiger partial charge in [0.15, 0.2) is 0 Å². The molecule has 0 aliphatic rings. The van der Waals surface area contributed by atoms with E-state index in [2.05, 4.69) is 5.32 Å². The van der Waals surface area contributed by atoms with Gasteiger partial charge in [-0.3, -0.25) is 9.59 Å². The minimum atomic E-state index is -0.247. The van der Waals surface area contributed by atoms with Crippen molar-refractivity contribution < 1.29 is 19.1 Å². The number of carbonyl (C=O) groups excluding carboxylic acids is 2. The summed E-state index contributed by atoms with van der Waals surface area (Å²) < 4.78 is 10.8. The third kappa shape index (κ3) is 5.60. The van der Waals surface area contributed by atoms with Crippen LogP contribution in [0.2, 0.25) is 0 Å². The smallest absolute Gasteiger partial charge is 0.255 e. The number of benzene rings is 2. The summed E-state index contributed by atoms with van der Waals surface area (Å²) in [4.78, 5) is 25.5. The zero-order chi connectivity index (χ0) is 18.9. The molecule has 0 spiro atoms.